The minimum Gasteiger partial charge on any atom is -0.360 e. The number of nitrogen functional groups attached to an aromatic ring is 1. The predicted molar refractivity (Wildman–Crippen MR) is 69.0 cm³/mol. The number of nitrogens with one attached hydrogen (secondary N) is 2. The van der Waals surface area contributed by atoms with Gasteiger partial charge in [-0.05, 0) is 6.92 Å². The summed E-state index contributed by atoms with van der Waals surface area (Å²) in [5.41, 5.74) is 2.37. The summed E-state index contributed by atoms with van der Waals surface area (Å²) in [6.45, 7) is 1.98. The van der Waals surface area contributed by atoms with Crippen molar-refractivity contribution in [3.8, 4) is 0 Å². The Bertz CT molecular complexity index is 488. The topological polar surface area (TPSA) is 88.8 Å². The van der Waals surface area contributed by atoms with Gasteiger partial charge in [-0.25, -0.2) is 15.8 Å². The monoisotopic (exact) mass is 270 g/mol. The van der Waals surface area contributed by atoms with E-state index in [4.69, 9.17) is 17.4 Å². The fourth-order valence-corrected chi connectivity index (χ4v) is 2.04. The van der Waals surface area contributed by atoms with Crippen LogP contribution in [-0.2, 0) is 0 Å². The first-order valence-corrected chi connectivity index (χ1v) is 6.11. The van der Waals surface area contributed by atoms with E-state index in [0.717, 1.165) is 5.01 Å². The van der Waals surface area contributed by atoms with E-state index in [1.54, 1.807) is 17.5 Å². The second kappa shape index (κ2) is 5.26. The number of nitrogens with two attached hydrogens (primary N) is 1. The smallest absolute Gasteiger partial charge is 0.239 e. The van der Waals surface area contributed by atoms with Crippen LogP contribution in [0.3, 0.4) is 0 Å². The van der Waals surface area contributed by atoms with E-state index >= 15 is 0 Å². The van der Waals surface area contributed by atoms with Crippen LogP contribution in [0.1, 0.15) is 18.0 Å². The van der Waals surface area contributed by atoms with Crippen LogP contribution in [0.5, 0.6) is 0 Å². The molecule has 0 saturated carbocycles. The molecule has 0 fully saturated rings. The van der Waals surface area contributed by atoms with Crippen LogP contribution < -0.4 is 16.6 Å². The van der Waals surface area contributed by atoms with Crippen LogP contribution in [0.4, 0.5) is 11.8 Å². The summed E-state index contributed by atoms with van der Waals surface area (Å²) < 4.78 is 0. The highest BCUT2D eigenvalue weighted by Gasteiger charge is 2.11. The van der Waals surface area contributed by atoms with Crippen LogP contribution in [0, 0.1) is 0 Å². The largest absolute Gasteiger partial charge is 0.360 e. The van der Waals surface area contributed by atoms with E-state index in [1.807, 2.05) is 12.3 Å². The molecule has 0 aromatic carbocycles. The molecule has 0 aliphatic rings. The molecule has 0 amide bonds. The van der Waals surface area contributed by atoms with Crippen molar-refractivity contribution in [2.45, 2.75) is 13.0 Å². The molecule has 0 bridgehead atoms. The van der Waals surface area contributed by atoms with Crippen molar-refractivity contribution in [2.24, 2.45) is 5.84 Å². The SMILES string of the molecule is CC(Nc1nc(NN)ncc1Cl)c1nccs1. The zero-order chi connectivity index (χ0) is 12.3. The van der Waals surface area contributed by atoms with Crippen LogP contribution >= 0.6 is 22.9 Å². The number of halogens is 1. The fraction of sp³-hybridized carbons (Fsp3) is 0.222. The summed E-state index contributed by atoms with van der Waals surface area (Å²) in [6.07, 6.45) is 3.24. The first-order chi connectivity index (χ1) is 8.20. The Kier molecular flexibility index (Phi) is 3.72. The van der Waals surface area contributed by atoms with Gasteiger partial charge in [0.25, 0.3) is 0 Å². The number of rotatable bonds is 4. The van der Waals surface area contributed by atoms with E-state index in [0.29, 0.717) is 16.8 Å². The number of hydrogen-bond donors (Lipinski definition) is 3. The minimum atomic E-state index is 0.0213. The van der Waals surface area contributed by atoms with Crippen molar-refractivity contribution in [2.75, 3.05) is 10.7 Å². The van der Waals surface area contributed by atoms with Crippen LogP contribution in [0.15, 0.2) is 17.8 Å². The maximum Gasteiger partial charge on any atom is 0.239 e. The molecule has 2 heterocycles. The molecule has 90 valence electrons. The Balaban J connectivity index is 2.18. The second-order valence-electron chi connectivity index (χ2n) is 3.27. The van der Waals surface area contributed by atoms with Crippen LogP contribution in [0.25, 0.3) is 0 Å². The molecule has 6 nitrogen and oxygen atoms in total. The van der Waals surface area contributed by atoms with Gasteiger partial charge in [0.15, 0.2) is 5.82 Å². The summed E-state index contributed by atoms with van der Waals surface area (Å²) >= 11 is 7.55. The van der Waals surface area contributed by atoms with Gasteiger partial charge in [-0.2, -0.15) is 4.98 Å². The van der Waals surface area contributed by atoms with Crippen molar-refractivity contribution in [3.63, 3.8) is 0 Å². The van der Waals surface area contributed by atoms with Gasteiger partial charge < -0.3 is 5.32 Å². The van der Waals surface area contributed by atoms with Gasteiger partial charge >= 0.3 is 0 Å². The number of hydrogen-bond acceptors (Lipinski definition) is 7. The molecule has 1 atom stereocenters. The van der Waals surface area contributed by atoms with Gasteiger partial charge in [-0.1, -0.05) is 11.6 Å². The molecule has 0 aliphatic carbocycles. The second-order valence-corrected chi connectivity index (χ2v) is 4.60. The Morgan fingerprint density at radius 3 is 2.94 bits per heavy atom. The fourth-order valence-electron chi connectivity index (χ4n) is 1.25. The maximum absolute atomic E-state index is 5.99. The van der Waals surface area contributed by atoms with Crippen molar-refractivity contribution in [1.29, 1.82) is 0 Å². The van der Waals surface area contributed by atoms with Crippen LogP contribution in [-0.4, -0.2) is 15.0 Å². The Morgan fingerprint density at radius 2 is 2.29 bits per heavy atom. The normalized spacial score (nSPS) is 12.2. The van der Waals surface area contributed by atoms with Gasteiger partial charge in [0.2, 0.25) is 5.95 Å². The molecule has 2 aromatic heterocycles. The average molecular weight is 271 g/mol. The zero-order valence-electron chi connectivity index (χ0n) is 9.01. The third-order valence-corrected chi connectivity index (χ3v) is 3.28. The summed E-state index contributed by atoms with van der Waals surface area (Å²) in [4.78, 5) is 12.2. The third-order valence-electron chi connectivity index (χ3n) is 2.05. The number of hydrazine groups is 1. The summed E-state index contributed by atoms with van der Waals surface area (Å²) in [5.74, 6) is 6.07. The highest BCUT2D eigenvalue weighted by atomic mass is 35.5. The molecular weight excluding hydrogens is 260 g/mol. The molecule has 8 heteroatoms. The lowest BCUT2D eigenvalue weighted by Gasteiger charge is -2.13. The lowest BCUT2D eigenvalue weighted by molar-refractivity contribution is 0.858. The molecule has 17 heavy (non-hydrogen) atoms. The van der Waals surface area contributed by atoms with Crippen LogP contribution in [0.2, 0.25) is 5.02 Å². The number of anilines is 2. The first-order valence-electron chi connectivity index (χ1n) is 4.86. The molecule has 2 aromatic rings. The van der Waals surface area contributed by atoms with E-state index in [-0.39, 0.29) is 6.04 Å². The molecule has 2 rings (SSSR count). The quantitative estimate of drug-likeness (QED) is 0.582. The molecule has 0 aliphatic heterocycles. The first kappa shape index (κ1) is 12.0. The molecular formula is C9H11ClN6S. The lowest BCUT2D eigenvalue weighted by Crippen LogP contribution is -2.13. The lowest BCUT2D eigenvalue weighted by atomic mass is 10.3. The van der Waals surface area contributed by atoms with Gasteiger partial charge in [-0.15, -0.1) is 11.3 Å². The number of thiazole rings is 1. The molecule has 0 radical (unpaired) electrons. The van der Waals surface area contributed by atoms with E-state index in [9.17, 15) is 0 Å². The molecule has 1 unspecified atom stereocenters. The highest BCUT2D eigenvalue weighted by Crippen LogP contribution is 2.25. The van der Waals surface area contributed by atoms with E-state index < -0.39 is 0 Å². The molecule has 0 spiro atoms. The Hall–Kier alpha value is -1.44. The number of nitrogens with zero attached hydrogens (tertiary/aromatic N) is 3. The van der Waals surface area contributed by atoms with Gasteiger partial charge in [-0.3, -0.25) is 5.43 Å². The van der Waals surface area contributed by atoms with Gasteiger partial charge in [0, 0.05) is 11.6 Å². The van der Waals surface area contributed by atoms with Crippen molar-refractivity contribution >= 4 is 34.7 Å². The highest BCUT2D eigenvalue weighted by molar-refractivity contribution is 7.09. The predicted octanol–water partition coefficient (Wildman–Crippen LogP) is 2.05. The molecule has 4 N–H and O–H groups in total. The summed E-state index contributed by atoms with van der Waals surface area (Å²) in [5, 5.41) is 6.47. The summed E-state index contributed by atoms with van der Waals surface area (Å²) in [7, 11) is 0. The maximum atomic E-state index is 5.99. The van der Waals surface area contributed by atoms with E-state index in [2.05, 4.69) is 25.7 Å². The van der Waals surface area contributed by atoms with Gasteiger partial charge in [0.1, 0.15) is 10.0 Å². The zero-order valence-corrected chi connectivity index (χ0v) is 10.6. The van der Waals surface area contributed by atoms with Crippen molar-refractivity contribution in [3.05, 3.63) is 27.8 Å². The van der Waals surface area contributed by atoms with Crippen molar-refractivity contribution in [1.82, 2.24) is 15.0 Å². The third kappa shape index (κ3) is 2.82. The number of aromatic nitrogens is 3. The Labute approximate surface area is 107 Å². The Morgan fingerprint density at radius 1 is 1.47 bits per heavy atom. The summed E-state index contributed by atoms with van der Waals surface area (Å²) in [6, 6.07) is 0.0213. The molecule has 0 saturated heterocycles. The minimum absolute atomic E-state index is 0.0213. The van der Waals surface area contributed by atoms with E-state index in [1.165, 1.54) is 6.20 Å². The van der Waals surface area contributed by atoms with Crippen molar-refractivity contribution < 1.29 is 0 Å². The average Bonchev–Trinajstić information content (AvgIpc) is 2.85. The van der Waals surface area contributed by atoms with Gasteiger partial charge in [0.05, 0.1) is 12.2 Å². The standard InChI is InChI=1S/C9H11ClN6S/c1-5(8-12-2-3-17-8)14-7-6(10)4-13-9(15-7)16-11/h2-5H,11H2,1H3,(H2,13,14,15,16).